The summed E-state index contributed by atoms with van der Waals surface area (Å²) in [6.45, 7) is 8.45. The average Bonchev–Trinajstić information content (AvgIpc) is 1.97. The molecule has 0 saturated carbocycles. The van der Waals surface area contributed by atoms with Crippen LogP contribution in [0.1, 0.15) is 34.6 Å². The van der Waals surface area contributed by atoms with Gasteiger partial charge >= 0.3 is 0 Å². The van der Waals surface area contributed by atoms with Crippen LogP contribution in [0.25, 0.3) is 0 Å². The molecule has 0 radical (unpaired) electrons. The van der Waals surface area contributed by atoms with Gasteiger partial charge in [-0.15, -0.1) is 0 Å². The van der Waals surface area contributed by atoms with Gasteiger partial charge in [-0.05, 0) is 26.7 Å². The molecular weight excluding hydrogens is 202 g/mol. The third-order valence-corrected chi connectivity index (χ3v) is 4.34. The van der Waals surface area contributed by atoms with E-state index in [1.807, 2.05) is 13.8 Å². The summed E-state index contributed by atoms with van der Waals surface area (Å²) in [6, 6.07) is -0.403. The van der Waals surface area contributed by atoms with E-state index >= 15 is 0 Å². The Labute approximate surface area is 86.8 Å². The van der Waals surface area contributed by atoms with Crippen LogP contribution >= 0.6 is 0 Å². The van der Waals surface area contributed by atoms with Gasteiger partial charge in [-0.3, -0.25) is 0 Å². The number of sulfonamides is 1. The van der Waals surface area contributed by atoms with Gasteiger partial charge in [0.25, 0.3) is 0 Å². The zero-order valence-electron chi connectivity index (χ0n) is 9.53. The molecule has 86 valence electrons. The van der Waals surface area contributed by atoms with E-state index in [0.717, 1.165) is 0 Å². The molecule has 0 heterocycles. The highest BCUT2D eigenvalue weighted by Gasteiger charge is 2.31. The zero-order valence-corrected chi connectivity index (χ0v) is 10.4. The monoisotopic (exact) mass is 223 g/mol. The van der Waals surface area contributed by atoms with E-state index in [-0.39, 0.29) is 12.5 Å². The predicted octanol–water partition coefficient (Wildman–Crippen LogP) is 0.721. The summed E-state index contributed by atoms with van der Waals surface area (Å²) < 4.78 is 25.1. The number of nitrogens with one attached hydrogen (secondary N) is 1. The minimum atomic E-state index is -3.36. The molecule has 0 aromatic heterocycles. The van der Waals surface area contributed by atoms with Crippen LogP contribution < -0.4 is 4.72 Å². The summed E-state index contributed by atoms with van der Waals surface area (Å²) in [4.78, 5) is 0. The van der Waals surface area contributed by atoms with Gasteiger partial charge in [0.05, 0.1) is 11.4 Å². The second-order valence-corrected chi connectivity index (χ2v) is 7.23. The number of hydrogen-bond donors (Lipinski definition) is 2. The van der Waals surface area contributed by atoms with Crippen molar-refractivity contribution in [3.8, 4) is 0 Å². The molecule has 0 bridgehead atoms. The van der Waals surface area contributed by atoms with Gasteiger partial charge in [0.1, 0.15) is 0 Å². The Balaban J connectivity index is 4.67. The van der Waals surface area contributed by atoms with Crippen molar-refractivity contribution >= 4 is 10.0 Å². The van der Waals surface area contributed by atoms with Crippen LogP contribution in [0.4, 0.5) is 0 Å². The Bertz CT molecular complexity index is 264. The van der Waals surface area contributed by atoms with E-state index in [9.17, 15) is 8.42 Å². The second kappa shape index (κ2) is 4.59. The van der Waals surface area contributed by atoms with Crippen LogP contribution in [0.3, 0.4) is 0 Å². The van der Waals surface area contributed by atoms with E-state index in [0.29, 0.717) is 0 Å². The summed E-state index contributed by atoms with van der Waals surface area (Å²) >= 11 is 0. The van der Waals surface area contributed by atoms with E-state index < -0.39 is 20.8 Å². The Morgan fingerprint density at radius 1 is 1.29 bits per heavy atom. The molecular formula is C9H21NO3S. The molecule has 14 heavy (non-hydrogen) atoms. The summed E-state index contributed by atoms with van der Waals surface area (Å²) in [5.74, 6) is 0.0807. The molecule has 0 spiro atoms. The summed E-state index contributed by atoms with van der Waals surface area (Å²) in [7, 11) is -3.36. The lowest BCUT2D eigenvalue weighted by Gasteiger charge is -2.26. The highest BCUT2D eigenvalue weighted by atomic mass is 32.2. The van der Waals surface area contributed by atoms with E-state index in [4.69, 9.17) is 5.11 Å². The Morgan fingerprint density at radius 3 is 1.93 bits per heavy atom. The van der Waals surface area contributed by atoms with Crippen molar-refractivity contribution in [3.63, 3.8) is 0 Å². The number of rotatable bonds is 4. The third kappa shape index (κ3) is 3.55. The highest BCUT2D eigenvalue weighted by Crippen LogP contribution is 2.15. The predicted molar refractivity (Wildman–Crippen MR) is 57.5 cm³/mol. The van der Waals surface area contributed by atoms with Crippen LogP contribution in [-0.4, -0.2) is 30.9 Å². The lowest BCUT2D eigenvalue weighted by molar-refractivity contribution is 0.227. The average molecular weight is 223 g/mol. The lowest BCUT2D eigenvalue weighted by Crippen LogP contribution is -2.48. The molecule has 0 aliphatic rings. The lowest BCUT2D eigenvalue weighted by atomic mass is 10.1. The normalized spacial score (nSPS) is 15.9. The summed E-state index contributed by atoms with van der Waals surface area (Å²) in [5, 5.41) is 9.00. The molecule has 2 N–H and O–H groups in total. The molecule has 0 aliphatic heterocycles. The van der Waals surface area contributed by atoms with E-state index in [2.05, 4.69) is 4.72 Å². The minimum Gasteiger partial charge on any atom is -0.395 e. The van der Waals surface area contributed by atoms with Gasteiger partial charge in [-0.1, -0.05) is 13.8 Å². The van der Waals surface area contributed by atoms with Gasteiger partial charge < -0.3 is 5.11 Å². The fourth-order valence-electron chi connectivity index (χ4n) is 0.760. The SMILES string of the molecule is CC(C)C(CO)NS(=O)(=O)C(C)(C)C. The number of aliphatic hydroxyl groups is 1. The second-order valence-electron chi connectivity index (χ2n) is 4.77. The molecule has 0 saturated heterocycles. The van der Waals surface area contributed by atoms with Crippen molar-refractivity contribution in [3.05, 3.63) is 0 Å². The van der Waals surface area contributed by atoms with Crippen molar-refractivity contribution < 1.29 is 13.5 Å². The molecule has 0 fully saturated rings. The first kappa shape index (κ1) is 13.9. The third-order valence-electron chi connectivity index (χ3n) is 2.11. The Kier molecular flexibility index (Phi) is 4.55. The van der Waals surface area contributed by atoms with Crippen molar-refractivity contribution in [1.29, 1.82) is 0 Å². The quantitative estimate of drug-likeness (QED) is 0.738. The molecule has 4 nitrogen and oxygen atoms in total. The Hall–Kier alpha value is -0.130. The maximum Gasteiger partial charge on any atom is 0.216 e. The van der Waals surface area contributed by atoms with Crippen LogP contribution in [0.15, 0.2) is 0 Å². The number of aliphatic hydroxyl groups excluding tert-OH is 1. The van der Waals surface area contributed by atoms with Gasteiger partial charge in [-0.2, -0.15) is 0 Å². The van der Waals surface area contributed by atoms with Crippen molar-refractivity contribution in [2.24, 2.45) is 5.92 Å². The van der Waals surface area contributed by atoms with Crippen LogP contribution in [0.5, 0.6) is 0 Å². The fourth-order valence-corrected chi connectivity index (χ4v) is 1.86. The molecule has 0 rings (SSSR count). The molecule has 0 aromatic rings. The topological polar surface area (TPSA) is 66.4 Å². The minimum absolute atomic E-state index is 0.0807. The van der Waals surface area contributed by atoms with Gasteiger partial charge in [-0.25, -0.2) is 13.1 Å². The highest BCUT2D eigenvalue weighted by molar-refractivity contribution is 7.90. The zero-order chi connectivity index (χ0) is 11.6. The first-order chi connectivity index (χ1) is 6.12. The fraction of sp³-hybridized carbons (Fsp3) is 1.00. The first-order valence-electron chi connectivity index (χ1n) is 4.74. The van der Waals surface area contributed by atoms with Gasteiger partial charge in [0.15, 0.2) is 0 Å². The maximum atomic E-state index is 11.7. The molecule has 0 aromatic carbocycles. The largest absolute Gasteiger partial charge is 0.395 e. The van der Waals surface area contributed by atoms with Crippen LogP contribution in [0, 0.1) is 5.92 Å². The van der Waals surface area contributed by atoms with Gasteiger partial charge in [0.2, 0.25) is 10.0 Å². The molecule has 0 aliphatic carbocycles. The molecule has 5 heteroatoms. The van der Waals surface area contributed by atoms with Gasteiger partial charge in [0, 0.05) is 6.04 Å². The molecule has 0 amide bonds. The van der Waals surface area contributed by atoms with E-state index in [1.165, 1.54) is 0 Å². The summed E-state index contributed by atoms with van der Waals surface area (Å²) in [6.07, 6.45) is 0. The Morgan fingerprint density at radius 2 is 1.71 bits per heavy atom. The molecule has 1 atom stereocenters. The van der Waals surface area contributed by atoms with E-state index in [1.54, 1.807) is 20.8 Å². The molecule has 1 unspecified atom stereocenters. The first-order valence-corrected chi connectivity index (χ1v) is 6.23. The number of hydrogen-bond acceptors (Lipinski definition) is 3. The smallest absolute Gasteiger partial charge is 0.216 e. The van der Waals surface area contributed by atoms with Crippen molar-refractivity contribution in [2.75, 3.05) is 6.61 Å². The van der Waals surface area contributed by atoms with Crippen LogP contribution in [0.2, 0.25) is 0 Å². The standard InChI is InChI=1S/C9H21NO3S/c1-7(2)8(6-11)10-14(12,13)9(3,4)5/h7-8,10-11H,6H2,1-5H3. The van der Waals surface area contributed by atoms with Crippen molar-refractivity contribution in [2.45, 2.75) is 45.4 Å². The maximum absolute atomic E-state index is 11.7. The van der Waals surface area contributed by atoms with Crippen molar-refractivity contribution in [1.82, 2.24) is 4.72 Å². The summed E-state index contributed by atoms with van der Waals surface area (Å²) in [5.41, 5.74) is 0. The van der Waals surface area contributed by atoms with Crippen LogP contribution in [-0.2, 0) is 10.0 Å².